The largest absolute Gasteiger partial charge is 0.339 e. The minimum atomic E-state index is -0.00415. The minimum absolute atomic E-state index is 0.00415. The van der Waals surface area contributed by atoms with Crippen molar-refractivity contribution >= 4 is 38.9 Å². The van der Waals surface area contributed by atoms with Gasteiger partial charge in [-0.1, -0.05) is 35.9 Å². The lowest BCUT2D eigenvalue weighted by Gasteiger charge is -2.34. The van der Waals surface area contributed by atoms with E-state index in [1.165, 1.54) is 11.1 Å². The zero-order valence-corrected chi connectivity index (χ0v) is 18.8. The van der Waals surface area contributed by atoms with Crippen LogP contribution in [0.1, 0.15) is 47.2 Å². The molecule has 0 spiro atoms. The lowest BCUT2D eigenvalue weighted by atomic mass is 9.94. The monoisotopic (exact) mass is 432 g/mol. The number of amides is 2. The van der Waals surface area contributed by atoms with Crippen molar-refractivity contribution < 1.29 is 9.59 Å². The zero-order valence-electron chi connectivity index (χ0n) is 18.0. The van der Waals surface area contributed by atoms with E-state index in [0.29, 0.717) is 13.1 Å². The van der Waals surface area contributed by atoms with Gasteiger partial charge in [-0.25, -0.2) is 0 Å². The number of rotatable bonds is 2. The lowest BCUT2D eigenvalue weighted by molar-refractivity contribution is -0.123. The molecule has 0 unspecified atom stereocenters. The maximum Gasteiger partial charge on any atom is 0.255 e. The highest BCUT2D eigenvalue weighted by Gasteiger charge is 2.32. The summed E-state index contributed by atoms with van der Waals surface area (Å²) in [7, 11) is 0. The SMILES string of the molecule is Cc1ccc2c(c1)CCCCN2C(=O)C1CCN(C(=O)c2csc3ccccc23)CC1. The first-order chi connectivity index (χ1) is 15.1. The fraction of sp³-hybridized carbons (Fsp3) is 0.385. The first kappa shape index (κ1) is 20.3. The maximum absolute atomic E-state index is 13.5. The van der Waals surface area contributed by atoms with Gasteiger partial charge in [-0.2, -0.15) is 0 Å². The van der Waals surface area contributed by atoms with E-state index in [1.807, 2.05) is 33.4 Å². The minimum Gasteiger partial charge on any atom is -0.339 e. The topological polar surface area (TPSA) is 40.6 Å². The van der Waals surface area contributed by atoms with Crippen LogP contribution in [0.25, 0.3) is 10.1 Å². The first-order valence-electron chi connectivity index (χ1n) is 11.3. The highest BCUT2D eigenvalue weighted by atomic mass is 32.1. The van der Waals surface area contributed by atoms with Crippen LogP contribution in [0.5, 0.6) is 0 Å². The highest BCUT2D eigenvalue weighted by molar-refractivity contribution is 7.17. The van der Waals surface area contributed by atoms with Crippen molar-refractivity contribution in [3.05, 3.63) is 64.5 Å². The van der Waals surface area contributed by atoms with E-state index >= 15 is 0 Å². The molecule has 2 aromatic carbocycles. The Morgan fingerprint density at radius 1 is 1.00 bits per heavy atom. The molecule has 0 radical (unpaired) electrons. The summed E-state index contributed by atoms with van der Waals surface area (Å²) < 4.78 is 1.14. The number of hydrogen-bond acceptors (Lipinski definition) is 3. The molecule has 0 bridgehead atoms. The Morgan fingerprint density at radius 2 is 1.81 bits per heavy atom. The Hall–Kier alpha value is -2.66. The zero-order chi connectivity index (χ0) is 21.4. The molecule has 2 aliphatic heterocycles. The summed E-state index contributed by atoms with van der Waals surface area (Å²) in [5, 5.41) is 3.01. The number of thiophene rings is 1. The molecule has 1 saturated heterocycles. The van der Waals surface area contributed by atoms with Crippen LogP contribution in [0.15, 0.2) is 47.8 Å². The van der Waals surface area contributed by atoms with Gasteiger partial charge in [0.15, 0.2) is 0 Å². The van der Waals surface area contributed by atoms with Crippen molar-refractivity contribution in [1.82, 2.24) is 4.90 Å². The number of anilines is 1. The summed E-state index contributed by atoms with van der Waals surface area (Å²) >= 11 is 1.62. The van der Waals surface area contributed by atoms with Crippen molar-refractivity contribution in [3.63, 3.8) is 0 Å². The van der Waals surface area contributed by atoms with Crippen LogP contribution in [-0.4, -0.2) is 36.3 Å². The fourth-order valence-corrected chi connectivity index (χ4v) is 5.91. The standard InChI is InChI=1S/C26H28N2O2S/c1-18-9-10-23-20(16-18)6-4-5-13-28(23)25(29)19-11-14-27(15-12-19)26(30)22-17-31-24-8-3-2-7-21(22)24/h2-3,7-10,16-17,19H,4-6,11-15H2,1H3. The summed E-state index contributed by atoms with van der Waals surface area (Å²) in [6.45, 7) is 4.21. The molecule has 0 saturated carbocycles. The second-order valence-electron chi connectivity index (χ2n) is 8.79. The molecule has 0 aliphatic carbocycles. The van der Waals surface area contributed by atoms with Crippen LogP contribution < -0.4 is 4.90 Å². The number of likely N-dealkylation sites (tertiary alicyclic amines) is 1. The van der Waals surface area contributed by atoms with Crippen molar-refractivity contribution in [1.29, 1.82) is 0 Å². The quantitative estimate of drug-likeness (QED) is 0.542. The number of benzene rings is 2. The molecule has 3 aromatic rings. The van der Waals surface area contributed by atoms with E-state index in [1.54, 1.807) is 11.3 Å². The second kappa shape index (κ2) is 8.46. The molecule has 4 nitrogen and oxygen atoms in total. The van der Waals surface area contributed by atoms with Gasteiger partial charge in [0.25, 0.3) is 5.91 Å². The van der Waals surface area contributed by atoms with Gasteiger partial charge in [0.2, 0.25) is 5.91 Å². The molecule has 0 N–H and O–H groups in total. The Bertz CT molecular complexity index is 1130. The van der Waals surface area contributed by atoms with Crippen LogP contribution >= 0.6 is 11.3 Å². The predicted octanol–water partition coefficient (Wildman–Crippen LogP) is 5.43. The van der Waals surface area contributed by atoms with Crippen LogP contribution in [0, 0.1) is 12.8 Å². The Labute approximate surface area is 187 Å². The molecule has 2 amide bonds. The lowest BCUT2D eigenvalue weighted by Crippen LogP contribution is -2.44. The molecule has 0 atom stereocenters. The van der Waals surface area contributed by atoms with E-state index in [2.05, 4.69) is 31.2 Å². The number of aryl methyl sites for hydroxylation is 2. The van der Waals surface area contributed by atoms with Crippen LogP contribution in [0.2, 0.25) is 0 Å². The van der Waals surface area contributed by atoms with Crippen molar-refractivity contribution in [2.75, 3.05) is 24.5 Å². The number of carbonyl (C=O) groups is 2. The third kappa shape index (κ3) is 3.87. The average Bonchev–Trinajstić information content (AvgIpc) is 3.12. The van der Waals surface area contributed by atoms with E-state index in [4.69, 9.17) is 0 Å². The third-order valence-corrected chi connectivity index (χ3v) is 7.68. The van der Waals surface area contributed by atoms with Crippen LogP contribution in [0.4, 0.5) is 5.69 Å². The number of hydrogen-bond donors (Lipinski definition) is 0. The number of piperidine rings is 1. The van der Waals surface area contributed by atoms with Gasteiger partial charge in [0.1, 0.15) is 0 Å². The third-order valence-electron chi connectivity index (χ3n) is 6.71. The molecule has 160 valence electrons. The van der Waals surface area contributed by atoms with E-state index in [0.717, 1.165) is 60.0 Å². The number of carbonyl (C=O) groups excluding carboxylic acids is 2. The fourth-order valence-electron chi connectivity index (χ4n) is 4.98. The molecular formula is C26H28N2O2S. The van der Waals surface area contributed by atoms with E-state index < -0.39 is 0 Å². The van der Waals surface area contributed by atoms with Crippen LogP contribution in [-0.2, 0) is 11.2 Å². The molecule has 1 fully saturated rings. The smallest absolute Gasteiger partial charge is 0.255 e. The summed E-state index contributed by atoms with van der Waals surface area (Å²) in [6.07, 6.45) is 4.70. The van der Waals surface area contributed by atoms with Gasteiger partial charge >= 0.3 is 0 Å². The number of fused-ring (bicyclic) bond motifs is 2. The van der Waals surface area contributed by atoms with E-state index in [-0.39, 0.29) is 17.7 Å². The molecule has 31 heavy (non-hydrogen) atoms. The molecule has 5 rings (SSSR count). The Kier molecular flexibility index (Phi) is 5.53. The molecule has 3 heterocycles. The van der Waals surface area contributed by atoms with Gasteiger partial charge in [0, 0.05) is 46.7 Å². The second-order valence-corrected chi connectivity index (χ2v) is 9.70. The van der Waals surface area contributed by atoms with Gasteiger partial charge in [0.05, 0.1) is 5.56 Å². The predicted molar refractivity (Wildman–Crippen MR) is 127 cm³/mol. The molecule has 1 aromatic heterocycles. The summed E-state index contributed by atoms with van der Waals surface area (Å²) in [5.41, 5.74) is 4.43. The normalized spacial score (nSPS) is 17.5. The Balaban J connectivity index is 1.28. The maximum atomic E-state index is 13.5. The van der Waals surface area contributed by atoms with Gasteiger partial charge in [-0.3, -0.25) is 9.59 Å². The van der Waals surface area contributed by atoms with Gasteiger partial charge < -0.3 is 9.80 Å². The molecule has 2 aliphatic rings. The van der Waals surface area contributed by atoms with Gasteiger partial charge in [-0.15, -0.1) is 11.3 Å². The van der Waals surface area contributed by atoms with Crippen molar-refractivity contribution in [3.8, 4) is 0 Å². The summed E-state index contributed by atoms with van der Waals surface area (Å²) in [5.74, 6) is 0.328. The van der Waals surface area contributed by atoms with E-state index in [9.17, 15) is 9.59 Å². The Morgan fingerprint density at radius 3 is 2.65 bits per heavy atom. The average molecular weight is 433 g/mol. The van der Waals surface area contributed by atoms with Gasteiger partial charge in [-0.05, 0) is 56.7 Å². The van der Waals surface area contributed by atoms with Crippen molar-refractivity contribution in [2.45, 2.75) is 39.0 Å². The van der Waals surface area contributed by atoms with Crippen LogP contribution in [0.3, 0.4) is 0 Å². The highest BCUT2D eigenvalue weighted by Crippen LogP contribution is 2.32. The molecule has 5 heteroatoms. The first-order valence-corrected chi connectivity index (χ1v) is 12.2. The molecular weight excluding hydrogens is 404 g/mol. The number of nitrogens with zero attached hydrogens (tertiary/aromatic N) is 2. The summed E-state index contributed by atoms with van der Waals surface area (Å²) in [4.78, 5) is 30.5. The van der Waals surface area contributed by atoms with Crippen molar-refractivity contribution in [2.24, 2.45) is 5.92 Å². The summed E-state index contributed by atoms with van der Waals surface area (Å²) in [6, 6.07) is 14.5.